The van der Waals surface area contributed by atoms with Crippen LogP contribution >= 0.6 is 35.3 Å². The lowest BCUT2D eigenvalue weighted by atomic mass is 9.99. The van der Waals surface area contributed by atoms with E-state index < -0.39 is 0 Å². The van der Waals surface area contributed by atoms with E-state index in [0.29, 0.717) is 23.2 Å². The molecule has 0 saturated carbocycles. The van der Waals surface area contributed by atoms with Gasteiger partial charge < -0.3 is 15.4 Å². The summed E-state index contributed by atoms with van der Waals surface area (Å²) >= 11 is 1.37. The zero-order valence-electron chi connectivity index (χ0n) is 19.5. The van der Waals surface area contributed by atoms with Crippen molar-refractivity contribution in [2.75, 3.05) is 26.7 Å². The van der Waals surface area contributed by atoms with Crippen molar-refractivity contribution in [3.05, 3.63) is 51.0 Å². The second-order valence-corrected chi connectivity index (χ2v) is 8.88. The van der Waals surface area contributed by atoms with Gasteiger partial charge in [-0.25, -0.2) is 9.78 Å². The summed E-state index contributed by atoms with van der Waals surface area (Å²) in [6.07, 6.45) is 1.09. The lowest BCUT2D eigenvalue weighted by molar-refractivity contribution is 0.0531. The number of aliphatic imine (C=N–C) groups is 1. The summed E-state index contributed by atoms with van der Waals surface area (Å²) in [5.74, 6) is 0.415. The fourth-order valence-corrected chi connectivity index (χ4v) is 4.68. The van der Waals surface area contributed by atoms with Crippen LogP contribution in [0, 0.1) is 6.92 Å². The van der Waals surface area contributed by atoms with Crippen molar-refractivity contribution >= 4 is 47.2 Å². The molecule has 176 valence electrons. The topological polar surface area (TPSA) is 78.8 Å². The maximum atomic E-state index is 12.1. The van der Waals surface area contributed by atoms with E-state index in [1.54, 1.807) is 14.0 Å². The predicted molar refractivity (Wildman–Crippen MR) is 141 cm³/mol. The van der Waals surface area contributed by atoms with E-state index in [9.17, 15) is 4.79 Å². The number of rotatable bonds is 7. The molecule has 0 amide bonds. The van der Waals surface area contributed by atoms with Gasteiger partial charge in [0.05, 0.1) is 18.3 Å². The first-order chi connectivity index (χ1) is 14.9. The summed E-state index contributed by atoms with van der Waals surface area (Å²) in [7, 11) is 1.76. The van der Waals surface area contributed by atoms with Crippen LogP contribution in [0.25, 0.3) is 0 Å². The highest BCUT2D eigenvalue weighted by atomic mass is 127. The summed E-state index contributed by atoms with van der Waals surface area (Å²) in [6, 6.07) is 9.00. The molecule has 0 saturated heterocycles. The maximum absolute atomic E-state index is 12.1. The lowest BCUT2D eigenvalue weighted by Gasteiger charge is -2.34. The van der Waals surface area contributed by atoms with Gasteiger partial charge in [-0.15, -0.1) is 35.3 Å². The van der Waals surface area contributed by atoms with Gasteiger partial charge in [-0.3, -0.25) is 9.89 Å². The summed E-state index contributed by atoms with van der Waals surface area (Å²) < 4.78 is 5.12. The van der Waals surface area contributed by atoms with Crippen LogP contribution in [0.3, 0.4) is 0 Å². The second-order valence-electron chi connectivity index (χ2n) is 7.84. The Morgan fingerprint density at radius 3 is 2.72 bits per heavy atom. The van der Waals surface area contributed by atoms with Gasteiger partial charge in [0.1, 0.15) is 9.88 Å². The Bertz CT molecular complexity index is 933. The van der Waals surface area contributed by atoms with Crippen molar-refractivity contribution < 1.29 is 9.53 Å². The molecule has 2 heterocycles. The number of hydrogen-bond donors (Lipinski definition) is 2. The van der Waals surface area contributed by atoms with Gasteiger partial charge in [-0.2, -0.15) is 0 Å². The Balaban J connectivity index is 0.00000363. The number of fused-ring (bicyclic) bond motifs is 1. The van der Waals surface area contributed by atoms with Gasteiger partial charge in [0.15, 0.2) is 5.96 Å². The highest BCUT2D eigenvalue weighted by molar-refractivity contribution is 14.0. The van der Waals surface area contributed by atoms with Crippen LogP contribution in [0.1, 0.15) is 58.3 Å². The van der Waals surface area contributed by atoms with Crippen LogP contribution in [0.4, 0.5) is 0 Å². The minimum Gasteiger partial charge on any atom is -0.462 e. The number of nitrogens with zero attached hydrogens (tertiary/aromatic N) is 3. The van der Waals surface area contributed by atoms with Crippen LogP contribution < -0.4 is 10.6 Å². The first kappa shape index (κ1) is 26.5. The lowest BCUT2D eigenvalue weighted by Crippen LogP contribution is -2.47. The largest absolute Gasteiger partial charge is 0.462 e. The molecule has 1 aromatic carbocycles. The Morgan fingerprint density at radius 1 is 1.31 bits per heavy atom. The van der Waals surface area contributed by atoms with Gasteiger partial charge in [0.25, 0.3) is 0 Å². The predicted octanol–water partition coefficient (Wildman–Crippen LogP) is 3.92. The molecule has 9 heteroatoms. The zero-order valence-corrected chi connectivity index (χ0v) is 22.6. The summed E-state index contributed by atoms with van der Waals surface area (Å²) in [4.78, 5) is 24.1. The van der Waals surface area contributed by atoms with Crippen molar-refractivity contribution in [3.63, 3.8) is 0 Å². The molecule has 0 fully saturated rings. The second kappa shape index (κ2) is 12.5. The molecule has 3 rings (SSSR count). The van der Waals surface area contributed by atoms with E-state index in [1.807, 2.05) is 13.8 Å². The number of benzene rings is 1. The molecule has 0 radical (unpaired) electrons. The molecule has 7 nitrogen and oxygen atoms in total. The van der Waals surface area contributed by atoms with Crippen molar-refractivity contribution in [1.82, 2.24) is 20.5 Å². The standard InChI is InChI=1S/C23H33N5O2S.HI/c1-6-30-22(29)20-16(3)26-21(31-20)17(4)27-23(24-5)25-13-15(2)28-12-11-18-9-7-8-10-19(18)14-28;/h7-10,15,17H,6,11-14H2,1-5H3,(H2,24,25,27);1H. The van der Waals surface area contributed by atoms with E-state index in [2.05, 4.69) is 56.7 Å². The van der Waals surface area contributed by atoms with Crippen LogP contribution in [0.5, 0.6) is 0 Å². The molecule has 2 unspecified atom stereocenters. The van der Waals surface area contributed by atoms with Crippen molar-refractivity contribution in [1.29, 1.82) is 0 Å². The molecule has 2 aromatic rings. The van der Waals surface area contributed by atoms with Gasteiger partial charge >= 0.3 is 5.97 Å². The minimum atomic E-state index is -0.310. The van der Waals surface area contributed by atoms with Crippen LogP contribution in [0.15, 0.2) is 29.3 Å². The van der Waals surface area contributed by atoms with Crippen LogP contribution in [0.2, 0.25) is 0 Å². The molecule has 1 aliphatic rings. The molecule has 32 heavy (non-hydrogen) atoms. The maximum Gasteiger partial charge on any atom is 0.350 e. The van der Waals surface area contributed by atoms with Gasteiger partial charge in [-0.05, 0) is 45.2 Å². The van der Waals surface area contributed by atoms with E-state index in [0.717, 1.165) is 37.0 Å². The van der Waals surface area contributed by atoms with Gasteiger partial charge in [0, 0.05) is 32.7 Å². The fraction of sp³-hybridized carbons (Fsp3) is 0.522. The molecule has 2 N–H and O–H groups in total. The van der Waals surface area contributed by atoms with Crippen molar-refractivity contribution in [3.8, 4) is 0 Å². The number of halogens is 1. The normalized spacial score (nSPS) is 15.8. The average molecular weight is 572 g/mol. The summed E-state index contributed by atoms with van der Waals surface area (Å²) in [6.45, 7) is 11.1. The average Bonchev–Trinajstić information content (AvgIpc) is 3.18. The molecule has 0 bridgehead atoms. The summed E-state index contributed by atoms with van der Waals surface area (Å²) in [5.41, 5.74) is 3.59. The van der Waals surface area contributed by atoms with Gasteiger partial charge in [0.2, 0.25) is 0 Å². The number of carbonyl (C=O) groups excluding carboxylic acids is 1. The van der Waals surface area contributed by atoms with E-state index in [-0.39, 0.29) is 36.0 Å². The highest BCUT2D eigenvalue weighted by Crippen LogP contribution is 2.24. The Hall–Kier alpha value is -1.72. The number of aromatic nitrogens is 1. The molecule has 1 aromatic heterocycles. The minimum absolute atomic E-state index is 0. The highest BCUT2D eigenvalue weighted by Gasteiger charge is 2.22. The van der Waals surface area contributed by atoms with Crippen LogP contribution in [-0.4, -0.2) is 54.6 Å². The van der Waals surface area contributed by atoms with Crippen molar-refractivity contribution in [2.24, 2.45) is 4.99 Å². The molecular formula is C23H34IN5O2S. The Kier molecular flexibility index (Phi) is 10.4. The Labute approximate surface area is 212 Å². The molecule has 2 atom stereocenters. The number of guanidine groups is 1. The fourth-order valence-electron chi connectivity index (χ4n) is 3.72. The first-order valence-electron chi connectivity index (χ1n) is 10.8. The van der Waals surface area contributed by atoms with E-state index >= 15 is 0 Å². The monoisotopic (exact) mass is 571 g/mol. The SMILES string of the molecule is CCOC(=O)c1sc(C(C)NC(=NC)NCC(C)N2CCc3ccccc3C2)nc1C.I. The quantitative estimate of drug-likeness (QED) is 0.227. The molecular weight excluding hydrogens is 537 g/mol. The molecule has 1 aliphatic heterocycles. The smallest absolute Gasteiger partial charge is 0.350 e. The Morgan fingerprint density at radius 2 is 2.03 bits per heavy atom. The third-order valence-corrected chi connectivity index (χ3v) is 6.89. The van der Waals surface area contributed by atoms with E-state index in [1.165, 1.54) is 22.5 Å². The number of ether oxygens (including phenoxy) is 1. The van der Waals surface area contributed by atoms with Crippen LogP contribution in [-0.2, 0) is 17.7 Å². The van der Waals surface area contributed by atoms with E-state index in [4.69, 9.17) is 4.74 Å². The number of aryl methyl sites for hydroxylation is 1. The number of hydrogen-bond acceptors (Lipinski definition) is 6. The number of carbonyl (C=O) groups is 1. The summed E-state index contributed by atoms with van der Waals surface area (Å²) in [5, 5.41) is 7.66. The van der Waals surface area contributed by atoms with Gasteiger partial charge in [-0.1, -0.05) is 24.3 Å². The number of thiazole rings is 1. The third kappa shape index (κ3) is 6.64. The number of nitrogens with one attached hydrogen (secondary N) is 2. The zero-order chi connectivity index (χ0) is 22.4. The first-order valence-corrected chi connectivity index (χ1v) is 11.7. The number of esters is 1. The molecule has 0 spiro atoms. The molecule has 0 aliphatic carbocycles. The van der Waals surface area contributed by atoms with Crippen molar-refractivity contribution in [2.45, 2.75) is 52.7 Å². The third-order valence-electron chi connectivity index (χ3n) is 5.57.